The summed E-state index contributed by atoms with van der Waals surface area (Å²) in [6, 6.07) is 19.5. The number of nitrogens with one attached hydrogen (secondary N) is 1. The fourth-order valence-corrected chi connectivity index (χ4v) is 3.49. The zero-order valence-electron chi connectivity index (χ0n) is 18.4. The fourth-order valence-electron chi connectivity index (χ4n) is 3.49. The molecule has 0 atom stereocenters. The van der Waals surface area contributed by atoms with E-state index < -0.39 is 0 Å². The monoisotopic (exact) mass is 446 g/mol. The molecule has 8 heteroatoms. The molecule has 2 aromatic carbocycles. The lowest BCUT2D eigenvalue weighted by Gasteiger charge is -2.22. The van der Waals surface area contributed by atoms with Crippen molar-refractivity contribution in [2.45, 2.75) is 32.0 Å². The number of rotatable bonds is 9. The van der Waals surface area contributed by atoms with Crippen molar-refractivity contribution < 1.29 is 14.3 Å². The van der Waals surface area contributed by atoms with Crippen molar-refractivity contribution in [2.24, 2.45) is 0 Å². The van der Waals surface area contributed by atoms with Crippen LogP contribution in [-0.2, 0) is 13.1 Å². The summed E-state index contributed by atoms with van der Waals surface area (Å²) in [4.78, 5) is 39.0. The second kappa shape index (κ2) is 10.1. The normalized spacial score (nSPS) is 12.8. The predicted octanol–water partition coefficient (Wildman–Crippen LogP) is 2.49. The first kappa shape index (κ1) is 22.3. The van der Waals surface area contributed by atoms with Crippen molar-refractivity contribution in [3.63, 3.8) is 0 Å². The molecular weight excluding hydrogens is 420 g/mol. The van der Waals surface area contributed by atoms with Crippen LogP contribution in [0.3, 0.4) is 0 Å². The number of ether oxygens (including phenoxy) is 1. The lowest BCUT2D eigenvalue weighted by Crippen LogP contribution is -2.35. The number of carbonyl (C=O) groups is 2. The quantitative estimate of drug-likeness (QED) is 0.545. The van der Waals surface area contributed by atoms with E-state index in [2.05, 4.69) is 10.4 Å². The topological polar surface area (TPSA) is 93.5 Å². The predicted molar refractivity (Wildman–Crippen MR) is 123 cm³/mol. The molecule has 1 N–H and O–H groups in total. The van der Waals surface area contributed by atoms with E-state index in [1.807, 2.05) is 42.5 Å². The first-order valence-electron chi connectivity index (χ1n) is 10.9. The van der Waals surface area contributed by atoms with E-state index in [0.717, 1.165) is 18.4 Å². The minimum absolute atomic E-state index is 0.153. The molecule has 1 aliphatic rings. The highest BCUT2D eigenvalue weighted by atomic mass is 16.5. The average Bonchev–Trinajstić information content (AvgIpc) is 3.69. The standard InChI is InChI=1S/C25H26N4O4/c1-26-24(31)19-9-7-18(8-10-19)17-28(20-11-12-20)25(32)22-13-14-23(30)29(27-22)15-16-33-21-5-3-2-4-6-21/h2-10,13-14,20H,11-12,15-17H2,1H3,(H,26,31). The van der Waals surface area contributed by atoms with Gasteiger partial charge in [-0.3, -0.25) is 14.4 Å². The van der Waals surface area contributed by atoms with Crippen molar-refractivity contribution >= 4 is 11.8 Å². The van der Waals surface area contributed by atoms with Crippen molar-refractivity contribution in [1.29, 1.82) is 0 Å². The van der Waals surface area contributed by atoms with Crippen LogP contribution in [0.2, 0.25) is 0 Å². The van der Waals surface area contributed by atoms with Gasteiger partial charge in [0.25, 0.3) is 17.4 Å². The first-order chi connectivity index (χ1) is 16.0. The minimum atomic E-state index is -0.286. The third kappa shape index (κ3) is 5.65. The molecule has 0 bridgehead atoms. The summed E-state index contributed by atoms with van der Waals surface area (Å²) in [7, 11) is 1.59. The Kier molecular flexibility index (Phi) is 6.83. The molecule has 1 heterocycles. The van der Waals surface area contributed by atoms with Crippen LogP contribution >= 0.6 is 0 Å². The van der Waals surface area contributed by atoms with Crippen molar-refractivity contribution in [1.82, 2.24) is 20.0 Å². The maximum Gasteiger partial charge on any atom is 0.274 e. The number of hydrogen-bond donors (Lipinski definition) is 1. The number of hydrogen-bond acceptors (Lipinski definition) is 5. The van der Waals surface area contributed by atoms with E-state index in [1.54, 1.807) is 24.1 Å². The lowest BCUT2D eigenvalue weighted by atomic mass is 10.1. The van der Waals surface area contributed by atoms with Crippen LogP contribution in [0.1, 0.15) is 39.3 Å². The maximum absolute atomic E-state index is 13.3. The fraction of sp³-hybridized carbons (Fsp3) is 0.280. The van der Waals surface area contributed by atoms with Gasteiger partial charge < -0.3 is 15.0 Å². The highest BCUT2D eigenvalue weighted by molar-refractivity contribution is 5.94. The number of amides is 2. The molecule has 0 radical (unpaired) electrons. The summed E-state index contributed by atoms with van der Waals surface area (Å²) in [5.41, 5.74) is 1.43. The third-order valence-electron chi connectivity index (χ3n) is 5.45. The van der Waals surface area contributed by atoms with Gasteiger partial charge in [-0.2, -0.15) is 5.10 Å². The Morgan fingerprint density at radius 3 is 2.45 bits per heavy atom. The number of carbonyl (C=O) groups excluding carboxylic acids is 2. The lowest BCUT2D eigenvalue weighted by molar-refractivity contribution is 0.0720. The molecule has 1 saturated carbocycles. The molecule has 33 heavy (non-hydrogen) atoms. The van der Waals surface area contributed by atoms with Crippen LogP contribution in [0.15, 0.2) is 71.5 Å². The zero-order valence-corrected chi connectivity index (χ0v) is 18.4. The molecule has 1 fully saturated rings. The summed E-state index contributed by atoms with van der Waals surface area (Å²) in [5.74, 6) is 0.338. The van der Waals surface area contributed by atoms with Gasteiger partial charge in [-0.05, 0) is 48.7 Å². The van der Waals surface area contributed by atoms with Gasteiger partial charge in [0, 0.05) is 31.3 Å². The van der Waals surface area contributed by atoms with Crippen LogP contribution in [0.4, 0.5) is 0 Å². The SMILES string of the molecule is CNC(=O)c1ccc(CN(C(=O)c2ccc(=O)n(CCOc3ccccc3)n2)C2CC2)cc1. The van der Waals surface area contributed by atoms with Gasteiger partial charge in [-0.15, -0.1) is 0 Å². The van der Waals surface area contributed by atoms with Crippen LogP contribution < -0.4 is 15.6 Å². The van der Waals surface area contributed by atoms with Crippen LogP contribution in [0.25, 0.3) is 0 Å². The van der Waals surface area contributed by atoms with E-state index in [4.69, 9.17) is 4.74 Å². The summed E-state index contributed by atoms with van der Waals surface area (Å²) in [5, 5.41) is 6.90. The molecule has 1 aromatic heterocycles. The van der Waals surface area contributed by atoms with Crippen molar-refractivity contribution in [3.05, 3.63) is 93.9 Å². The Morgan fingerprint density at radius 1 is 1.06 bits per heavy atom. The summed E-state index contributed by atoms with van der Waals surface area (Å²) < 4.78 is 6.91. The maximum atomic E-state index is 13.3. The van der Waals surface area contributed by atoms with Gasteiger partial charge in [0.1, 0.15) is 18.1 Å². The first-order valence-corrected chi connectivity index (χ1v) is 10.9. The Hall–Kier alpha value is -3.94. The Balaban J connectivity index is 1.45. The number of para-hydroxylation sites is 1. The van der Waals surface area contributed by atoms with Gasteiger partial charge in [-0.1, -0.05) is 30.3 Å². The molecule has 4 rings (SSSR count). The Morgan fingerprint density at radius 2 is 1.79 bits per heavy atom. The van der Waals surface area contributed by atoms with Gasteiger partial charge in [0.05, 0.1) is 6.54 Å². The Labute approximate surface area is 191 Å². The van der Waals surface area contributed by atoms with E-state index in [-0.39, 0.29) is 42.3 Å². The van der Waals surface area contributed by atoms with Gasteiger partial charge in [0.15, 0.2) is 0 Å². The van der Waals surface area contributed by atoms with Gasteiger partial charge >= 0.3 is 0 Å². The van der Waals surface area contributed by atoms with Crippen LogP contribution in [0.5, 0.6) is 5.75 Å². The highest BCUT2D eigenvalue weighted by Crippen LogP contribution is 2.29. The highest BCUT2D eigenvalue weighted by Gasteiger charge is 2.34. The van der Waals surface area contributed by atoms with Crippen molar-refractivity contribution in [3.8, 4) is 5.75 Å². The minimum Gasteiger partial charge on any atom is -0.492 e. The van der Waals surface area contributed by atoms with Gasteiger partial charge in [-0.25, -0.2) is 4.68 Å². The van der Waals surface area contributed by atoms with Crippen LogP contribution in [0, 0.1) is 0 Å². The average molecular weight is 447 g/mol. The molecule has 2 amide bonds. The molecular formula is C25H26N4O4. The number of benzene rings is 2. The smallest absolute Gasteiger partial charge is 0.274 e. The molecule has 170 valence electrons. The summed E-state index contributed by atoms with van der Waals surface area (Å²) in [6.07, 6.45) is 1.87. The zero-order chi connectivity index (χ0) is 23.2. The molecule has 3 aromatic rings. The second-order valence-electron chi connectivity index (χ2n) is 7.88. The largest absolute Gasteiger partial charge is 0.492 e. The van der Waals surface area contributed by atoms with Crippen LogP contribution in [-0.4, -0.2) is 46.2 Å². The van der Waals surface area contributed by atoms with E-state index in [1.165, 1.54) is 16.8 Å². The van der Waals surface area contributed by atoms with Gasteiger partial charge in [0.2, 0.25) is 0 Å². The molecule has 0 unspecified atom stereocenters. The van der Waals surface area contributed by atoms with E-state index in [9.17, 15) is 14.4 Å². The molecule has 1 aliphatic carbocycles. The third-order valence-corrected chi connectivity index (χ3v) is 5.45. The van der Waals surface area contributed by atoms with E-state index >= 15 is 0 Å². The van der Waals surface area contributed by atoms with Crippen molar-refractivity contribution in [2.75, 3.05) is 13.7 Å². The van der Waals surface area contributed by atoms with E-state index in [0.29, 0.717) is 17.9 Å². The summed E-state index contributed by atoms with van der Waals surface area (Å²) in [6.45, 7) is 0.910. The second-order valence-corrected chi connectivity index (χ2v) is 7.88. The molecule has 8 nitrogen and oxygen atoms in total. The molecule has 0 spiro atoms. The summed E-state index contributed by atoms with van der Waals surface area (Å²) >= 11 is 0. The molecule has 0 saturated heterocycles. The Bertz CT molecular complexity index is 1170. The number of nitrogens with zero attached hydrogens (tertiary/aromatic N) is 3. The number of aromatic nitrogens is 2. The molecule has 0 aliphatic heterocycles.